The second-order valence-corrected chi connectivity index (χ2v) is 19.3. The van der Waals surface area contributed by atoms with E-state index in [0.29, 0.717) is 8.52 Å². The van der Waals surface area contributed by atoms with E-state index < -0.39 is 166 Å². The van der Waals surface area contributed by atoms with Crippen LogP contribution in [0.15, 0.2) is 34.8 Å². The smallest absolute Gasteiger partial charge is 0.303 e. The molecule has 0 radical (unpaired) electrons. The zero-order chi connectivity index (χ0) is 58.4. The minimum atomic E-state index is -1.76. The maximum atomic E-state index is 11.9. The summed E-state index contributed by atoms with van der Waals surface area (Å²) < 4.78 is 69.1. The molecule has 4 saturated heterocycles. The molecule has 0 aliphatic carbocycles. The highest BCUT2D eigenvalue weighted by Gasteiger charge is 2.53. The van der Waals surface area contributed by atoms with E-state index >= 15 is 0 Å². The lowest BCUT2D eigenvalue weighted by molar-refractivity contribution is -0.359. The lowest BCUT2D eigenvalue weighted by Gasteiger charge is -2.48. The Morgan fingerprint density at radius 2 is 1.04 bits per heavy atom. The summed E-state index contributed by atoms with van der Waals surface area (Å²) in [6.45, 7) is 17.5. The van der Waals surface area contributed by atoms with Crippen molar-refractivity contribution < 1.29 is 122 Å². The molecule has 0 aromatic rings. The number of nitrogens with two attached hydrogens (primary N) is 2. The van der Waals surface area contributed by atoms with Crippen molar-refractivity contribution in [3.05, 3.63) is 25.3 Å². The molecule has 0 bridgehead atoms. The van der Waals surface area contributed by atoms with Crippen molar-refractivity contribution >= 4 is 40.9 Å². The topological polar surface area (TPSA) is 449 Å². The zero-order valence-corrected chi connectivity index (χ0v) is 46.0. The van der Waals surface area contributed by atoms with Crippen LogP contribution in [0.25, 0.3) is 0 Å². The van der Waals surface area contributed by atoms with E-state index in [1.54, 1.807) is 6.92 Å². The number of carbonyl (C=O) groups is 4. The van der Waals surface area contributed by atoms with Gasteiger partial charge in [-0.3, -0.25) is 30.2 Å². The second-order valence-electron chi connectivity index (χ2n) is 18.4. The van der Waals surface area contributed by atoms with E-state index in [9.17, 15) is 60.0 Å². The van der Waals surface area contributed by atoms with Crippen LogP contribution in [0, 0.1) is 17.8 Å². The van der Waals surface area contributed by atoms with Gasteiger partial charge in [0.1, 0.15) is 86.3 Å². The van der Waals surface area contributed by atoms with E-state index in [1.165, 1.54) is 39.8 Å². The predicted octanol–water partition coefficient (Wildman–Crippen LogP) is -2.77. The van der Waals surface area contributed by atoms with E-state index in [1.807, 2.05) is 20.8 Å². The summed E-state index contributed by atoms with van der Waals surface area (Å²) in [7, 11) is 0.445. The molecule has 4 heterocycles. The van der Waals surface area contributed by atoms with Crippen molar-refractivity contribution in [3.8, 4) is 0 Å². The van der Waals surface area contributed by atoms with Gasteiger partial charge >= 0.3 is 23.9 Å². The number of aliphatic hydroxyl groups excluding tert-OH is 10. The maximum Gasteiger partial charge on any atom is 0.303 e. The van der Waals surface area contributed by atoms with Crippen LogP contribution < -0.4 is 11.0 Å². The maximum absolute atomic E-state index is 11.9. The number of hydrogen-bond donors (Lipinski definition) is 12. The minimum absolute atomic E-state index is 0.00813. The van der Waals surface area contributed by atoms with Crippen LogP contribution in [0.2, 0.25) is 0 Å². The highest BCUT2D eigenvalue weighted by Crippen LogP contribution is 2.38. The van der Waals surface area contributed by atoms with Gasteiger partial charge in [-0.05, 0) is 12.8 Å². The normalized spacial score (nSPS) is 36.8. The molecule has 4 rings (SSSR count). The molecule has 444 valence electrons. The third kappa shape index (κ3) is 21.0. The van der Waals surface area contributed by atoms with Gasteiger partial charge in [0.05, 0.1) is 74.0 Å². The van der Waals surface area contributed by atoms with E-state index in [4.69, 9.17) is 73.3 Å². The largest absolute Gasteiger partial charge is 0.463 e. The SMILES string of the molecule is C=C[C@@H](O)[C@H](CO)N=PN.C=C[C@@H](O)[C@H](CO[C@@H]1OC(CO)[C@@H](O[C@@H]2OC(CO)[C@H](O)[C@H](O)C2O)[C@H](O)C1O)N=PN.CC(=O)OCC1O[C@@H](C)C(OC(C)=O)[C@@H](C)[C@@H]1O[C@@H]1OC(COC(C)=O)[C@H](C)[C@H](C)C1OC(C)=O. The summed E-state index contributed by atoms with van der Waals surface area (Å²) in [6, 6.07) is -1.37. The Morgan fingerprint density at radius 1 is 0.558 bits per heavy atom. The molecule has 24 atom stereocenters. The van der Waals surface area contributed by atoms with E-state index in [2.05, 4.69) is 22.6 Å². The van der Waals surface area contributed by atoms with Crippen LogP contribution >= 0.6 is 17.0 Å². The number of aliphatic hydroxyl groups is 10. The summed E-state index contributed by atoms with van der Waals surface area (Å²) >= 11 is 0. The summed E-state index contributed by atoms with van der Waals surface area (Å²) in [5.41, 5.74) is 10.4. The molecule has 77 heavy (non-hydrogen) atoms. The minimum Gasteiger partial charge on any atom is -0.463 e. The summed E-state index contributed by atoms with van der Waals surface area (Å²) in [6.07, 6.45) is -19.7. The average Bonchev–Trinajstić information content (AvgIpc) is 3.38. The fourth-order valence-corrected chi connectivity index (χ4v) is 9.13. The molecule has 29 nitrogen and oxygen atoms in total. The lowest BCUT2D eigenvalue weighted by Crippen LogP contribution is -2.64. The van der Waals surface area contributed by atoms with Gasteiger partial charge in [-0.1, -0.05) is 32.9 Å². The highest BCUT2D eigenvalue weighted by molar-refractivity contribution is 7.23. The number of ether oxygens (including phenoxy) is 11. The monoisotopic (exact) mass is 1150 g/mol. The molecule has 0 saturated carbocycles. The third-order valence-corrected chi connectivity index (χ3v) is 13.7. The van der Waals surface area contributed by atoms with Crippen LogP contribution in [0.1, 0.15) is 55.4 Å². The Kier molecular flexibility index (Phi) is 31.6. The van der Waals surface area contributed by atoms with Crippen molar-refractivity contribution in [1.82, 2.24) is 0 Å². The Balaban J connectivity index is 0.000000448. The number of esters is 4. The standard InChI is InChI=1S/C24H38O11.C17H31N2O12P.C5H11N2O2P/c1-11-12(2)23(33-18(8)28)24(34-19(11)9-29-15(5)25)35-22-13(3)21(32-17(7)27)14(4)31-20(22)10-30-16(6)26;1-2-7(22)6(19-32-18)5-28-16-14(27)12(25)15(9(4-21)30-16)31-17-13(26)11(24)10(23)8(3-20)29-17;1-2-5(9)4(3-8)7-10-6/h11-14,19-24H,9-10H2,1-8H3;2,6-17,20-27H,1,3-5H2,(H2,18,19);2,4-5,8-9H,1,3H2,(H2,6,7)/t11-,12+,13-,14+,19?,20?,21?,22+,23?,24+;6-,7+,8?,9?,10-,11-,12+,13?,14?,15+,16+,17-;4-,5+/m100/s1. The van der Waals surface area contributed by atoms with Gasteiger partial charge in [0.2, 0.25) is 0 Å². The zero-order valence-electron chi connectivity index (χ0n) is 44.2. The predicted molar refractivity (Wildman–Crippen MR) is 266 cm³/mol. The molecule has 8 unspecified atom stereocenters. The van der Waals surface area contributed by atoms with Gasteiger partial charge in [-0.15, -0.1) is 13.2 Å². The van der Waals surface area contributed by atoms with Crippen LogP contribution in [0.4, 0.5) is 0 Å². The molecule has 0 amide bonds. The van der Waals surface area contributed by atoms with Crippen LogP contribution in [-0.2, 0) is 71.3 Å². The van der Waals surface area contributed by atoms with Gasteiger partial charge < -0.3 is 103 Å². The molecule has 4 aliphatic heterocycles. The van der Waals surface area contributed by atoms with Gasteiger partial charge in [-0.25, -0.2) is 9.49 Å². The quantitative estimate of drug-likeness (QED) is 0.0226. The third-order valence-electron chi connectivity index (χ3n) is 12.8. The molecule has 14 N–H and O–H groups in total. The Morgan fingerprint density at radius 3 is 1.55 bits per heavy atom. The molecular formula is C46H80N4O25P2. The number of hydrogen-bond acceptors (Lipinski definition) is 27. The second kappa shape index (κ2) is 34.8. The summed E-state index contributed by atoms with van der Waals surface area (Å²) in [5.74, 6) is -2.60. The summed E-state index contributed by atoms with van der Waals surface area (Å²) in [5, 5.41) is 97.2. The summed E-state index contributed by atoms with van der Waals surface area (Å²) in [4.78, 5) is 46.4. The van der Waals surface area contributed by atoms with E-state index in [-0.39, 0.29) is 52.7 Å². The Labute approximate surface area is 449 Å². The van der Waals surface area contributed by atoms with Gasteiger partial charge in [0.15, 0.2) is 25.0 Å². The van der Waals surface area contributed by atoms with Gasteiger partial charge in [0.25, 0.3) is 0 Å². The first kappa shape index (κ1) is 69.9. The average molecular weight is 1150 g/mol. The van der Waals surface area contributed by atoms with Crippen LogP contribution in [0.5, 0.6) is 0 Å². The lowest BCUT2D eigenvalue weighted by atomic mass is 9.83. The molecule has 0 spiro atoms. The molecule has 0 aromatic heterocycles. The molecule has 31 heteroatoms. The fourth-order valence-electron chi connectivity index (χ4n) is 8.38. The molecule has 4 aliphatic rings. The Hall–Kier alpha value is -3.20. The first-order valence-electron chi connectivity index (χ1n) is 24.5. The van der Waals surface area contributed by atoms with Crippen molar-refractivity contribution in [2.75, 3.05) is 39.6 Å². The van der Waals surface area contributed by atoms with Crippen LogP contribution in [0.3, 0.4) is 0 Å². The van der Waals surface area contributed by atoms with Crippen molar-refractivity contribution in [2.45, 2.75) is 184 Å². The van der Waals surface area contributed by atoms with Crippen molar-refractivity contribution in [3.63, 3.8) is 0 Å². The molecular weight excluding hydrogens is 1070 g/mol. The molecule has 4 fully saturated rings. The van der Waals surface area contributed by atoms with Crippen molar-refractivity contribution in [1.29, 1.82) is 0 Å². The fraction of sp³-hybridized carbons (Fsp3) is 0.826. The number of rotatable bonds is 22. The van der Waals surface area contributed by atoms with Crippen molar-refractivity contribution in [2.24, 2.45) is 38.3 Å². The van der Waals surface area contributed by atoms with Crippen LogP contribution in [-0.4, -0.2) is 243 Å². The van der Waals surface area contributed by atoms with Gasteiger partial charge in [-0.2, -0.15) is 0 Å². The molecule has 0 aromatic carbocycles. The Bertz CT molecular complexity index is 1880. The van der Waals surface area contributed by atoms with E-state index in [0.717, 1.165) is 0 Å². The highest BCUT2D eigenvalue weighted by atomic mass is 31.1. The first-order chi connectivity index (χ1) is 36.3. The first-order valence-corrected chi connectivity index (χ1v) is 26.3. The van der Waals surface area contributed by atoms with Gasteiger partial charge in [0, 0.05) is 39.5 Å². The number of carbonyl (C=O) groups excluding carboxylic acids is 4. The number of nitrogens with zero attached hydrogens (tertiary/aromatic N) is 2.